The van der Waals surface area contributed by atoms with Crippen LogP contribution in [0.2, 0.25) is 10.0 Å². The quantitative estimate of drug-likeness (QED) is 0.881. The van der Waals surface area contributed by atoms with Crippen molar-refractivity contribution in [1.29, 1.82) is 0 Å². The molecule has 0 aromatic heterocycles. The van der Waals surface area contributed by atoms with Crippen LogP contribution in [0.4, 0.5) is 0 Å². The molecule has 0 radical (unpaired) electrons. The first-order valence-electron chi connectivity index (χ1n) is 7.49. The van der Waals surface area contributed by atoms with Crippen molar-refractivity contribution in [2.45, 2.75) is 32.6 Å². The Morgan fingerprint density at radius 3 is 2.78 bits per heavy atom. The van der Waals surface area contributed by atoms with Crippen LogP contribution in [0.15, 0.2) is 12.1 Å². The average Bonchev–Trinajstić information content (AvgIpc) is 2.83. The molecule has 1 atom stereocenters. The predicted molar refractivity (Wildman–Crippen MR) is 88.2 cm³/mol. The maximum absolute atomic E-state index is 11.9. The molecule has 1 N–H and O–H groups in total. The molecule has 0 spiro atoms. The standard InChI is InChI=1S/C17H16Cl2O4/c1-2-17-4-3-10(20)6-11(17)14-9(7-17)5-12(15(18)16(14)19)23-8-13(21)22/h5-6H,2-4,7-8H2,1H3,(H,21,22)/t17-/m1/s1. The summed E-state index contributed by atoms with van der Waals surface area (Å²) in [4.78, 5) is 22.6. The van der Waals surface area contributed by atoms with Crippen molar-refractivity contribution >= 4 is 40.5 Å². The Hall–Kier alpha value is -1.52. The zero-order valence-corrected chi connectivity index (χ0v) is 14.1. The highest BCUT2D eigenvalue weighted by atomic mass is 35.5. The fraction of sp³-hybridized carbons (Fsp3) is 0.412. The summed E-state index contributed by atoms with van der Waals surface area (Å²) in [6, 6.07) is 1.76. The van der Waals surface area contributed by atoms with Crippen LogP contribution >= 0.6 is 23.2 Å². The number of fused-ring (bicyclic) bond motifs is 3. The molecule has 23 heavy (non-hydrogen) atoms. The number of carbonyl (C=O) groups is 2. The van der Waals surface area contributed by atoms with Crippen LogP contribution in [0.1, 0.15) is 37.3 Å². The van der Waals surface area contributed by atoms with E-state index in [-0.39, 0.29) is 22.0 Å². The zero-order valence-electron chi connectivity index (χ0n) is 12.6. The number of allylic oxidation sites excluding steroid dienone is 2. The van der Waals surface area contributed by atoms with Gasteiger partial charge in [-0.05, 0) is 42.5 Å². The molecular formula is C17H16Cl2O4. The number of aliphatic carboxylic acids is 1. The van der Waals surface area contributed by atoms with E-state index in [4.69, 9.17) is 33.0 Å². The van der Waals surface area contributed by atoms with Gasteiger partial charge in [0.15, 0.2) is 12.4 Å². The summed E-state index contributed by atoms with van der Waals surface area (Å²) in [5.41, 5.74) is 2.65. The number of carbonyl (C=O) groups excluding carboxylic acids is 1. The largest absolute Gasteiger partial charge is 0.480 e. The van der Waals surface area contributed by atoms with Crippen LogP contribution in [0.5, 0.6) is 5.75 Å². The summed E-state index contributed by atoms with van der Waals surface area (Å²) < 4.78 is 5.24. The summed E-state index contributed by atoms with van der Waals surface area (Å²) >= 11 is 12.7. The maximum Gasteiger partial charge on any atom is 0.341 e. The molecule has 2 aliphatic rings. The predicted octanol–water partition coefficient (Wildman–Crippen LogP) is 4.16. The van der Waals surface area contributed by atoms with Gasteiger partial charge in [0.05, 0.1) is 5.02 Å². The smallest absolute Gasteiger partial charge is 0.341 e. The highest BCUT2D eigenvalue weighted by Crippen LogP contribution is 2.57. The fourth-order valence-corrected chi connectivity index (χ4v) is 4.11. The molecule has 3 rings (SSSR count). The van der Waals surface area contributed by atoms with Crippen molar-refractivity contribution in [3.8, 4) is 5.75 Å². The van der Waals surface area contributed by atoms with Crippen LogP contribution in [0, 0.1) is 5.41 Å². The normalized spacial score (nSPS) is 22.4. The lowest BCUT2D eigenvalue weighted by Gasteiger charge is -2.32. The van der Waals surface area contributed by atoms with Crippen LogP contribution in [-0.2, 0) is 16.0 Å². The number of halogens is 2. The van der Waals surface area contributed by atoms with Gasteiger partial charge in [-0.2, -0.15) is 0 Å². The summed E-state index contributed by atoms with van der Waals surface area (Å²) in [6.45, 7) is 1.63. The van der Waals surface area contributed by atoms with Crippen molar-refractivity contribution in [3.63, 3.8) is 0 Å². The topological polar surface area (TPSA) is 63.6 Å². The summed E-state index contributed by atoms with van der Waals surface area (Å²) in [7, 11) is 0. The number of carboxylic acids is 1. The molecule has 6 heteroatoms. The fourth-order valence-electron chi connectivity index (χ4n) is 3.59. The second kappa shape index (κ2) is 5.84. The van der Waals surface area contributed by atoms with Gasteiger partial charge in [0, 0.05) is 17.4 Å². The van der Waals surface area contributed by atoms with Crippen LogP contribution < -0.4 is 4.74 Å². The molecule has 0 saturated carbocycles. The molecule has 0 bridgehead atoms. The van der Waals surface area contributed by atoms with Crippen molar-refractivity contribution in [2.24, 2.45) is 5.41 Å². The van der Waals surface area contributed by atoms with Gasteiger partial charge >= 0.3 is 5.97 Å². The maximum atomic E-state index is 11.9. The van der Waals surface area contributed by atoms with Crippen molar-refractivity contribution in [3.05, 3.63) is 33.3 Å². The minimum atomic E-state index is -1.08. The molecule has 1 aromatic carbocycles. The lowest BCUT2D eigenvalue weighted by atomic mass is 9.71. The second-order valence-corrected chi connectivity index (χ2v) is 6.81. The Balaban J connectivity index is 2.11. The SMILES string of the molecule is CC[C@]12CCC(=O)C=C1c1c(cc(OCC(=O)O)c(Cl)c1Cl)C2. The Morgan fingerprint density at radius 1 is 1.39 bits per heavy atom. The molecule has 0 amide bonds. The van der Waals surface area contributed by atoms with E-state index in [1.54, 1.807) is 12.1 Å². The Bertz CT molecular complexity index is 739. The van der Waals surface area contributed by atoms with Gasteiger partial charge < -0.3 is 9.84 Å². The average molecular weight is 355 g/mol. The van der Waals surface area contributed by atoms with Gasteiger partial charge in [-0.1, -0.05) is 30.1 Å². The highest BCUT2D eigenvalue weighted by molar-refractivity contribution is 6.44. The van der Waals surface area contributed by atoms with E-state index in [2.05, 4.69) is 6.92 Å². The molecule has 122 valence electrons. The molecule has 0 fully saturated rings. The monoisotopic (exact) mass is 354 g/mol. The third-order valence-electron chi connectivity index (χ3n) is 4.81. The first kappa shape index (κ1) is 16.3. The Morgan fingerprint density at radius 2 is 2.13 bits per heavy atom. The van der Waals surface area contributed by atoms with Crippen molar-refractivity contribution in [2.75, 3.05) is 6.61 Å². The number of hydrogen-bond donors (Lipinski definition) is 1. The number of ketones is 1. The summed E-state index contributed by atoms with van der Waals surface area (Å²) in [5, 5.41) is 9.28. The van der Waals surface area contributed by atoms with Gasteiger partial charge in [0.1, 0.15) is 10.8 Å². The van der Waals surface area contributed by atoms with Crippen molar-refractivity contribution in [1.82, 2.24) is 0 Å². The molecule has 0 heterocycles. The Kier molecular flexibility index (Phi) is 4.15. The zero-order chi connectivity index (χ0) is 16.8. The van der Waals surface area contributed by atoms with E-state index in [0.717, 1.165) is 36.0 Å². The van der Waals surface area contributed by atoms with E-state index in [9.17, 15) is 9.59 Å². The number of benzene rings is 1. The van der Waals surface area contributed by atoms with Gasteiger partial charge in [0.2, 0.25) is 0 Å². The first-order valence-corrected chi connectivity index (χ1v) is 8.24. The second-order valence-electron chi connectivity index (χ2n) is 6.05. The molecule has 2 aliphatic carbocycles. The summed E-state index contributed by atoms with van der Waals surface area (Å²) in [5.74, 6) is -0.699. The van der Waals surface area contributed by atoms with E-state index >= 15 is 0 Å². The van der Waals surface area contributed by atoms with E-state index in [1.807, 2.05) is 0 Å². The molecule has 0 saturated heterocycles. The highest BCUT2D eigenvalue weighted by Gasteiger charge is 2.44. The lowest BCUT2D eigenvalue weighted by Crippen LogP contribution is -2.24. The third-order valence-corrected chi connectivity index (χ3v) is 5.66. The number of ether oxygens (including phenoxy) is 1. The molecular weight excluding hydrogens is 339 g/mol. The van der Waals surface area contributed by atoms with Crippen LogP contribution in [0.3, 0.4) is 0 Å². The Labute approximate surface area is 144 Å². The van der Waals surface area contributed by atoms with Gasteiger partial charge in [-0.25, -0.2) is 4.79 Å². The third kappa shape index (κ3) is 2.64. The first-order chi connectivity index (χ1) is 10.9. The van der Waals surface area contributed by atoms with Gasteiger partial charge in [0.25, 0.3) is 0 Å². The molecule has 0 aliphatic heterocycles. The molecule has 1 aromatic rings. The summed E-state index contributed by atoms with van der Waals surface area (Å²) in [6.07, 6.45) is 4.69. The van der Waals surface area contributed by atoms with Gasteiger partial charge in [-0.15, -0.1) is 0 Å². The van der Waals surface area contributed by atoms with Crippen LogP contribution in [-0.4, -0.2) is 23.5 Å². The van der Waals surface area contributed by atoms with E-state index in [0.29, 0.717) is 11.4 Å². The number of hydrogen-bond acceptors (Lipinski definition) is 3. The minimum Gasteiger partial charge on any atom is -0.480 e. The molecule has 4 nitrogen and oxygen atoms in total. The minimum absolute atomic E-state index is 0.0887. The van der Waals surface area contributed by atoms with Crippen LogP contribution in [0.25, 0.3) is 5.57 Å². The van der Waals surface area contributed by atoms with E-state index in [1.165, 1.54) is 0 Å². The lowest BCUT2D eigenvalue weighted by molar-refractivity contribution is -0.139. The van der Waals surface area contributed by atoms with E-state index < -0.39 is 12.6 Å². The van der Waals surface area contributed by atoms with Crippen molar-refractivity contribution < 1.29 is 19.4 Å². The number of rotatable bonds is 4. The van der Waals surface area contributed by atoms with Gasteiger partial charge in [-0.3, -0.25) is 4.79 Å². The number of carboxylic acid groups (broad SMARTS) is 1. The molecule has 0 unspecified atom stereocenters.